The Morgan fingerprint density at radius 1 is 0.935 bits per heavy atom. The molecule has 2 aliphatic heterocycles. The number of anilines is 1. The summed E-state index contributed by atoms with van der Waals surface area (Å²) in [6.45, 7) is 5.40. The number of Topliss-reactive ketones (excluding diaryl/α,β-unsaturated/α-hetero) is 1. The Hall–Kier alpha value is -2.08. The topological polar surface area (TPSA) is 49.9 Å². The number of halogens is 2. The molecule has 0 bridgehead atoms. The fraction of sp³-hybridized carbons (Fsp3) is 0.417. The summed E-state index contributed by atoms with van der Waals surface area (Å²) in [5.41, 5.74) is 1.94. The molecule has 0 aromatic heterocycles. The van der Waals surface area contributed by atoms with Crippen LogP contribution in [0.3, 0.4) is 0 Å². The molecule has 2 aliphatic rings. The summed E-state index contributed by atoms with van der Waals surface area (Å²) < 4.78 is 5.58. The van der Waals surface area contributed by atoms with Gasteiger partial charge in [-0.25, -0.2) is 0 Å². The molecule has 0 N–H and O–H groups in total. The molecule has 2 fully saturated rings. The lowest BCUT2D eigenvalue weighted by Crippen LogP contribution is -2.56. The average Bonchev–Trinajstić information content (AvgIpc) is 2.79. The number of benzene rings is 2. The van der Waals surface area contributed by atoms with Gasteiger partial charge in [-0.1, -0.05) is 29.3 Å². The van der Waals surface area contributed by atoms with Crippen LogP contribution in [-0.2, 0) is 14.9 Å². The van der Waals surface area contributed by atoms with E-state index in [1.807, 2.05) is 35.2 Å². The van der Waals surface area contributed by atoms with Gasteiger partial charge in [0.1, 0.15) is 0 Å². The van der Waals surface area contributed by atoms with E-state index in [9.17, 15) is 9.59 Å². The molecular formula is C24H26Cl2N2O3. The van der Waals surface area contributed by atoms with Gasteiger partial charge >= 0.3 is 0 Å². The van der Waals surface area contributed by atoms with E-state index in [1.54, 1.807) is 19.1 Å². The quantitative estimate of drug-likeness (QED) is 0.625. The molecule has 2 saturated heterocycles. The van der Waals surface area contributed by atoms with Crippen LogP contribution in [0, 0.1) is 0 Å². The SMILES string of the molecule is CC(=O)c1ccc(N2CCN(C(=O)C3(c4ccc(Cl)cc4Cl)CCOCC3)CC2)cc1. The highest BCUT2D eigenvalue weighted by Crippen LogP contribution is 2.41. The first-order valence-electron chi connectivity index (χ1n) is 10.6. The second-order valence-corrected chi connectivity index (χ2v) is 9.04. The lowest BCUT2D eigenvalue weighted by Gasteiger charge is -2.43. The molecular weight excluding hydrogens is 435 g/mol. The highest BCUT2D eigenvalue weighted by atomic mass is 35.5. The maximum Gasteiger partial charge on any atom is 0.233 e. The minimum Gasteiger partial charge on any atom is -0.381 e. The van der Waals surface area contributed by atoms with Crippen molar-refractivity contribution in [2.45, 2.75) is 25.2 Å². The molecule has 2 aromatic carbocycles. The summed E-state index contributed by atoms with van der Waals surface area (Å²) in [5.74, 6) is 0.177. The van der Waals surface area contributed by atoms with Gasteiger partial charge in [0.15, 0.2) is 5.78 Å². The van der Waals surface area contributed by atoms with Gasteiger partial charge in [-0.3, -0.25) is 9.59 Å². The van der Waals surface area contributed by atoms with E-state index >= 15 is 0 Å². The number of carbonyl (C=O) groups is 2. The van der Waals surface area contributed by atoms with Crippen molar-refractivity contribution in [2.24, 2.45) is 0 Å². The Balaban J connectivity index is 1.51. The Morgan fingerprint density at radius 2 is 1.58 bits per heavy atom. The molecule has 2 aromatic rings. The van der Waals surface area contributed by atoms with Crippen LogP contribution in [0.4, 0.5) is 5.69 Å². The second-order valence-electron chi connectivity index (χ2n) is 8.20. The summed E-state index contributed by atoms with van der Waals surface area (Å²) >= 11 is 12.6. The van der Waals surface area contributed by atoms with Crippen molar-refractivity contribution in [3.05, 3.63) is 63.6 Å². The molecule has 0 spiro atoms. The van der Waals surface area contributed by atoms with Crippen LogP contribution in [0.25, 0.3) is 0 Å². The normalized spacial score (nSPS) is 18.7. The third-order valence-corrected chi connectivity index (χ3v) is 6.96. The molecule has 4 rings (SSSR count). The predicted molar refractivity (Wildman–Crippen MR) is 123 cm³/mol. The zero-order chi connectivity index (χ0) is 22.0. The molecule has 0 atom stereocenters. The van der Waals surface area contributed by atoms with Crippen LogP contribution in [0.2, 0.25) is 10.0 Å². The zero-order valence-corrected chi connectivity index (χ0v) is 19.1. The number of nitrogens with zero attached hydrogens (tertiary/aromatic N) is 2. The first kappa shape index (κ1) is 22.1. The molecule has 31 heavy (non-hydrogen) atoms. The maximum atomic E-state index is 13.8. The van der Waals surface area contributed by atoms with Crippen molar-refractivity contribution < 1.29 is 14.3 Å². The Morgan fingerprint density at radius 3 is 2.16 bits per heavy atom. The number of ketones is 1. The first-order chi connectivity index (χ1) is 14.9. The molecule has 7 heteroatoms. The van der Waals surface area contributed by atoms with Gasteiger partial charge in [0.25, 0.3) is 0 Å². The summed E-state index contributed by atoms with van der Waals surface area (Å²) in [5, 5.41) is 1.10. The number of ether oxygens (including phenoxy) is 1. The summed E-state index contributed by atoms with van der Waals surface area (Å²) in [4.78, 5) is 29.5. The molecule has 0 saturated carbocycles. The minimum atomic E-state index is -0.675. The minimum absolute atomic E-state index is 0.0598. The second kappa shape index (κ2) is 9.19. The zero-order valence-electron chi connectivity index (χ0n) is 17.6. The van der Waals surface area contributed by atoms with Crippen LogP contribution < -0.4 is 4.90 Å². The molecule has 5 nitrogen and oxygen atoms in total. The number of piperazine rings is 1. The lowest BCUT2D eigenvalue weighted by molar-refractivity contribution is -0.141. The predicted octanol–water partition coefficient (Wildman–Crippen LogP) is 4.59. The van der Waals surface area contributed by atoms with Crippen molar-refractivity contribution in [2.75, 3.05) is 44.3 Å². The monoisotopic (exact) mass is 460 g/mol. The first-order valence-corrected chi connectivity index (χ1v) is 11.3. The highest BCUT2D eigenvalue weighted by molar-refractivity contribution is 6.35. The lowest BCUT2D eigenvalue weighted by atomic mass is 9.72. The van der Waals surface area contributed by atoms with E-state index in [0.717, 1.165) is 24.3 Å². The van der Waals surface area contributed by atoms with E-state index in [0.29, 0.717) is 54.8 Å². The van der Waals surface area contributed by atoms with Crippen molar-refractivity contribution in [3.63, 3.8) is 0 Å². The van der Waals surface area contributed by atoms with E-state index in [2.05, 4.69) is 4.90 Å². The van der Waals surface area contributed by atoms with Crippen LogP contribution in [0.15, 0.2) is 42.5 Å². The Kier molecular flexibility index (Phi) is 6.56. The summed E-state index contributed by atoms with van der Waals surface area (Å²) in [6, 6.07) is 13.1. The van der Waals surface area contributed by atoms with E-state index in [-0.39, 0.29) is 11.7 Å². The molecule has 164 valence electrons. The van der Waals surface area contributed by atoms with Crippen LogP contribution in [0.1, 0.15) is 35.7 Å². The largest absolute Gasteiger partial charge is 0.381 e. The number of amides is 1. The smallest absolute Gasteiger partial charge is 0.233 e. The fourth-order valence-corrected chi connectivity index (χ4v) is 5.16. The van der Waals surface area contributed by atoms with Gasteiger partial charge in [-0.2, -0.15) is 0 Å². The van der Waals surface area contributed by atoms with Crippen molar-refractivity contribution in [3.8, 4) is 0 Å². The number of hydrogen-bond acceptors (Lipinski definition) is 4. The van der Waals surface area contributed by atoms with E-state index in [4.69, 9.17) is 27.9 Å². The van der Waals surface area contributed by atoms with Gasteiger partial charge in [-0.05, 0) is 61.7 Å². The van der Waals surface area contributed by atoms with E-state index in [1.165, 1.54) is 0 Å². The van der Waals surface area contributed by atoms with Crippen LogP contribution >= 0.6 is 23.2 Å². The summed E-state index contributed by atoms with van der Waals surface area (Å²) in [6.07, 6.45) is 1.22. The maximum absolute atomic E-state index is 13.8. The third-order valence-electron chi connectivity index (χ3n) is 6.41. The Bertz CT molecular complexity index is 963. The van der Waals surface area contributed by atoms with Crippen molar-refractivity contribution in [1.82, 2.24) is 4.90 Å². The van der Waals surface area contributed by atoms with E-state index < -0.39 is 5.41 Å². The van der Waals surface area contributed by atoms with Crippen molar-refractivity contribution in [1.29, 1.82) is 0 Å². The standard InChI is InChI=1S/C24H26Cl2N2O3/c1-17(29)18-2-5-20(6-3-18)27-10-12-28(13-11-27)23(30)24(8-14-31-15-9-24)21-7-4-19(25)16-22(21)26/h2-7,16H,8-15H2,1H3. The van der Waals surface area contributed by atoms with Crippen LogP contribution in [-0.4, -0.2) is 56.0 Å². The molecule has 1 amide bonds. The summed E-state index contributed by atoms with van der Waals surface area (Å²) in [7, 11) is 0. The number of rotatable bonds is 4. The van der Waals surface area contributed by atoms with Gasteiger partial charge in [0, 0.05) is 60.7 Å². The van der Waals surface area contributed by atoms with Gasteiger partial charge in [-0.15, -0.1) is 0 Å². The molecule has 0 radical (unpaired) electrons. The van der Waals surface area contributed by atoms with Crippen LogP contribution in [0.5, 0.6) is 0 Å². The fourth-order valence-electron chi connectivity index (χ4n) is 4.57. The van der Waals surface area contributed by atoms with Crippen molar-refractivity contribution >= 4 is 40.6 Å². The molecule has 0 unspecified atom stereocenters. The molecule has 2 heterocycles. The molecule has 0 aliphatic carbocycles. The Labute approximate surface area is 192 Å². The van der Waals surface area contributed by atoms with Gasteiger partial charge in [0.2, 0.25) is 5.91 Å². The highest BCUT2D eigenvalue weighted by Gasteiger charge is 2.45. The number of hydrogen-bond donors (Lipinski definition) is 0. The van der Waals surface area contributed by atoms with Gasteiger partial charge < -0.3 is 14.5 Å². The number of carbonyl (C=O) groups excluding carboxylic acids is 2. The van der Waals surface area contributed by atoms with Gasteiger partial charge in [0.05, 0.1) is 5.41 Å². The average molecular weight is 461 g/mol. The third kappa shape index (κ3) is 4.45.